The van der Waals surface area contributed by atoms with Crippen LogP contribution < -0.4 is 5.32 Å². The van der Waals surface area contributed by atoms with Crippen LogP contribution in [0.4, 0.5) is 0 Å². The van der Waals surface area contributed by atoms with Crippen LogP contribution in [0.1, 0.15) is 64.7 Å². The topological polar surface area (TPSA) is 49.3 Å². The molecule has 0 saturated heterocycles. The number of hydrogen-bond acceptors (Lipinski definition) is 3. The van der Waals surface area contributed by atoms with Gasteiger partial charge in [0.15, 0.2) is 0 Å². The van der Waals surface area contributed by atoms with Gasteiger partial charge in [0.2, 0.25) is 0 Å². The van der Waals surface area contributed by atoms with Gasteiger partial charge in [0.05, 0.1) is 0 Å². The maximum atomic E-state index is 11.8. The lowest BCUT2D eigenvalue weighted by molar-refractivity contribution is -0.146. The minimum atomic E-state index is -0.635. The van der Waals surface area contributed by atoms with E-state index in [-0.39, 0.29) is 0 Å². The summed E-state index contributed by atoms with van der Waals surface area (Å²) in [4.78, 5) is 11.8. The Morgan fingerprint density at radius 1 is 1.29 bits per heavy atom. The van der Waals surface area contributed by atoms with Gasteiger partial charge in [-0.05, 0) is 68.4 Å². The Morgan fingerprint density at radius 2 is 2.05 bits per heavy atom. The summed E-state index contributed by atoms with van der Waals surface area (Å²) in [5.74, 6) is 3.04. The zero-order valence-electron chi connectivity index (χ0n) is 13.4. The molecule has 0 aliphatic heterocycles. The summed E-state index contributed by atoms with van der Waals surface area (Å²) in [6.07, 6.45) is 10.6. The van der Waals surface area contributed by atoms with Crippen molar-refractivity contribution in [2.45, 2.75) is 70.3 Å². The summed E-state index contributed by atoms with van der Waals surface area (Å²) in [6.45, 7) is 2.92. The number of nitrogens with one attached hydrogen (secondary N) is 1. The fourth-order valence-electron chi connectivity index (χ4n) is 4.06. The fourth-order valence-corrected chi connectivity index (χ4v) is 5.34. The van der Waals surface area contributed by atoms with Gasteiger partial charge in [-0.2, -0.15) is 11.8 Å². The molecule has 2 atom stereocenters. The lowest BCUT2D eigenvalue weighted by Gasteiger charge is -2.32. The monoisotopic (exact) mass is 313 g/mol. The molecule has 2 aliphatic carbocycles. The minimum absolute atomic E-state index is 0.317. The zero-order chi connectivity index (χ0) is 15.1. The quantitative estimate of drug-likeness (QED) is 0.633. The van der Waals surface area contributed by atoms with Gasteiger partial charge in [0.25, 0.3) is 0 Å². The van der Waals surface area contributed by atoms with E-state index in [1.165, 1.54) is 31.4 Å². The number of aliphatic carboxylic acids is 1. The van der Waals surface area contributed by atoms with Crippen LogP contribution >= 0.6 is 11.8 Å². The molecular weight excluding hydrogens is 282 g/mol. The molecule has 0 spiro atoms. The third-order valence-electron chi connectivity index (χ3n) is 5.33. The largest absolute Gasteiger partial charge is 0.480 e. The van der Waals surface area contributed by atoms with E-state index in [1.54, 1.807) is 0 Å². The highest BCUT2D eigenvalue weighted by Crippen LogP contribution is 2.39. The van der Waals surface area contributed by atoms with E-state index >= 15 is 0 Å². The maximum Gasteiger partial charge on any atom is 0.324 e. The van der Waals surface area contributed by atoms with Crippen molar-refractivity contribution >= 4 is 17.7 Å². The molecule has 21 heavy (non-hydrogen) atoms. The van der Waals surface area contributed by atoms with Crippen molar-refractivity contribution in [1.29, 1.82) is 0 Å². The Labute approximate surface area is 133 Å². The first kappa shape index (κ1) is 17.1. The standard InChI is InChI=1S/C17H31NO2S/c1-2-11-18-17(16(19)20)10-5-8-15(17)9-12-21-13-14-6-3-4-7-14/h14-15,18H,2-13H2,1H3,(H,19,20). The molecule has 0 bridgehead atoms. The zero-order valence-corrected chi connectivity index (χ0v) is 14.2. The molecule has 2 N–H and O–H groups in total. The molecule has 2 aliphatic rings. The summed E-state index contributed by atoms with van der Waals surface area (Å²) in [6, 6.07) is 0. The van der Waals surface area contributed by atoms with Crippen LogP contribution in [0.15, 0.2) is 0 Å². The van der Waals surface area contributed by atoms with Gasteiger partial charge in [-0.15, -0.1) is 0 Å². The Hall–Kier alpha value is -0.220. The highest BCUT2D eigenvalue weighted by Gasteiger charge is 2.48. The van der Waals surface area contributed by atoms with Gasteiger partial charge in [0.1, 0.15) is 5.54 Å². The number of carboxylic acids is 1. The highest BCUT2D eigenvalue weighted by molar-refractivity contribution is 7.99. The van der Waals surface area contributed by atoms with Crippen LogP contribution in [0.2, 0.25) is 0 Å². The van der Waals surface area contributed by atoms with Crippen molar-refractivity contribution in [3.05, 3.63) is 0 Å². The lowest BCUT2D eigenvalue weighted by atomic mass is 9.85. The average Bonchev–Trinajstić information content (AvgIpc) is 3.11. The van der Waals surface area contributed by atoms with E-state index in [0.29, 0.717) is 5.92 Å². The number of thioether (sulfide) groups is 1. The fraction of sp³-hybridized carbons (Fsp3) is 0.941. The average molecular weight is 314 g/mol. The number of carbonyl (C=O) groups is 1. The molecule has 2 fully saturated rings. The first-order valence-electron chi connectivity index (χ1n) is 8.75. The third kappa shape index (κ3) is 4.38. The first-order chi connectivity index (χ1) is 10.2. The minimum Gasteiger partial charge on any atom is -0.480 e. The summed E-state index contributed by atoms with van der Waals surface area (Å²) >= 11 is 2.05. The molecule has 0 amide bonds. The van der Waals surface area contributed by atoms with Gasteiger partial charge in [-0.25, -0.2) is 0 Å². The van der Waals surface area contributed by atoms with Crippen LogP contribution in [0, 0.1) is 11.8 Å². The predicted octanol–water partition coefficient (Wildman–Crippen LogP) is 3.92. The van der Waals surface area contributed by atoms with Gasteiger partial charge >= 0.3 is 5.97 Å². The molecule has 2 rings (SSSR count). The Balaban J connectivity index is 1.77. The van der Waals surface area contributed by atoms with Gasteiger partial charge in [-0.3, -0.25) is 4.79 Å². The van der Waals surface area contributed by atoms with Crippen LogP contribution in [0.5, 0.6) is 0 Å². The number of rotatable bonds is 9. The second-order valence-corrected chi connectivity index (χ2v) is 7.96. The van der Waals surface area contributed by atoms with Crippen LogP contribution in [0.3, 0.4) is 0 Å². The van der Waals surface area contributed by atoms with Crippen molar-refractivity contribution in [3.8, 4) is 0 Å². The Morgan fingerprint density at radius 3 is 2.71 bits per heavy atom. The second-order valence-electron chi connectivity index (χ2n) is 6.81. The molecule has 2 unspecified atom stereocenters. The number of hydrogen-bond donors (Lipinski definition) is 2. The van der Waals surface area contributed by atoms with Crippen molar-refractivity contribution in [2.75, 3.05) is 18.1 Å². The predicted molar refractivity (Wildman–Crippen MR) is 89.9 cm³/mol. The highest BCUT2D eigenvalue weighted by atomic mass is 32.2. The van der Waals surface area contributed by atoms with Gasteiger partial charge < -0.3 is 10.4 Å². The van der Waals surface area contributed by atoms with E-state index in [9.17, 15) is 9.90 Å². The maximum absolute atomic E-state index is 11.8. The van der Waals surface area contributed by atoms with E-state index in [2.05, 4.69) is 24.0 Å². The summed E-state index contributed by atoms with van der Waals surface area (Å²) in [5, 5.41) is 13.1. The third-order valence-corrected chi connectivity index (χ3v) is 6.56. The van der Waals surface area contributed by atoms with E-state index in [1.807, 2.05) is 0 Å². The Bertz CT molecular complexity index is 331. The first-order valence-corrected chi connectivity index (χ1v) is 9.90. The van der Waals surface area contributed by atoms with Crippen molar-refractivity contribution in [1.82, 2.24) is 5.32 Å². The van der Waals surface area contributed by atoms with Crippen LogP contribution in [-0.4, -0.2) is 34.7 Å². The molecule has 0 aromatic carbocycles. The molecule has 4 heteroatoms. The SMILES string of the molecule is CCCNC1(C(=O)O)CCCC1CCSCC1CCCC1. The summed E-state index contributed by atoms with van der Waals surface area (Å²) < 4.78 is 0. The van der Waals surface area contributed by atoms with Crippen LogP contribution in [-0.2, 0) is 4.79 Å². The molecule has 0 radical (unpaired) electrons. The van der Waals surface area contributed by atoms with Gasteiger partial charge in [0, 0.05) is 0 Å². The summed E-state index contributed by atoms with van der Waals surface area (Å²) in [5.41, 5.74) is -0.635. The smallest absolute Gasteiger partial charge is 0.324 e. The Kier molecular flexibility index (Phi) is 6.87. The molecule has 3 nitrogen and oxygen atoms in total. The second kappa shape index (κ2) is 8.42. The molecule has 2 saturated carbocycles. The van der Waals surface area contributed by atoms with E-state index in [0.717, 1.165) is 50.3 Å². The van der Waals surface area contributed by atoms with Crippen LogP contribution in [0.25, 0.3) is 0 Å². The molecule has 122 valence electrons. The van der Waals surface area contributed by atoms with Crippen molar-refractivity contribution < 1.29 is 9.90 Å². The van der Waals surface area contributed by atoms with Crippen molar-refractivity contribution in [3.63, 3.8) is 0 Å². The molecule has 0 aromatic heterocycles. The molecule has 0 heterocycles. The van der Waals surface area contributed by atoms with Gasteiger partial charge in [-0.1, -0.05) is 26.2 Å². The van der Waals surface area contributed by atoms with E-state index in [4.69, 9.17) is 0 Å². The summed E-state index contributed by atoms with van der Waals surface area (Å²) in [7, 11) is 0. The van der Waals surface area contributed by atoms with E-state index < -0.39 is 11.5 Å². The number of carboxylic acid groups (broad SMARTS) is 1. The van der Waals surface area contributed by atoms with Crippen molar-refractivity contribution in [2.24, 2.45) is 11.8 Å². The molecular formula is C17H31NO2S. The lowest BCUT2D eigenvalue weighted by Crippen LogP contribution is -2.55. The molecule has 0 aromatic rings. The normalized spacial score (nSPS) is 30.0.